The lowest BCUT2D eigenvalue weighted by atomic mass is 10.1. The van der Waals surface area contributed by atoms with Gasteiger partial charge in [-0.2, -0.15) is 0 Å². The van der Waals surface area contributed by atoms with Gasteiger partial charge in [0.2, 0.25) is 0 Å². The lowest BCUT2D eigenvalue weighted by Gasteiger charge is -2.37. The summed E-state index contributed by atoms with van der Waals surface area (Å²) in [5.74, 6) is 0. The van der Waals surface area contributed by atoms with Crippen LogP contribution in [0.25, 0.3) is 0 Å². The Morgan fingerprint density at radius 3 is 2.52 bits per heavy atom. The first-order valence-corrected chi connectivity index (χ1v) is 9.13. The monoisotopic (exact) mass is 317 g/mol. The Morgan fingerprint density at radius 1 is 1.13 bits per heavy atom. The lowest BCUT2D eigenvalue weighted by Crippen LogP contribution is -2.46. The third kappa shape index (κ3) is 4.25. The number of anilines is 1. The molecule has 1 aromatic carbocycles. The smallest absolute Gasteiger partial charge is 0.0499 e. The van der Waals surface area contributed by atoms with Crippen LogP contribution in [0, 0.1) is 5.41 Å². The SMILES string of the molecule is CCCN1CCN(c2ccccc2CNCC2(CO)CC2)CC1. The Balaban J connectivity index is 1.55. The van der Waals surface area contributed by atoms with Gasteiger partial charge in [0.1, 0.15) is 0 Å². The highest BCUT2D eigenvalue weighted by Gasteiger charge is 2.41. The first-order chi connectivity index (χ1) is 11.3. The molecule has 1 saturated heterocycles. The van der Waals surface area contributed by atoms with Crippen LogP contribution in [0.1, 0.15) is 31.7 Å². The maximum Gasteiger partial charge on any atom is 0.0499 e. The maximum atomic E-state index is 9.43. The molecule has 1 aromatic rings. The first-order valence-electron chi connectivity index (χ1n) is 9.13. The van der Waals surface area contributed by atoms with E-state index in [1.54, 1.807) is 0 Å². The minimum atomic E-state index is 0.181. The van der Waals surface area contributed by atoms with Gasteiger partial charge in [-0.1, -0.05) is 25.1 Å². The van der Waals surface area contributed by atoms with Crippen LogP contribution in [0.2, 0.25) is 0 Å². The lowest BCUT2D eigenvalue weighted by molar-refractivity contribution is 0.207. The predicted molar refractivity (Wildman–Crippen MR) is 95.8 cm³/mol. The molecule has 0 aromatic heterocycles. The summed E-state index contributed by atoms with van der Waals surface area (Å²) in [5, 5.41) is 13.0. The molecular weight excluding hydrogens is 286 g/mol. The molecule has 2 N–H and O–H groups in total. The van der Waals surface area contributed by atoms with Crippen LogP contribution in [0.5, 0.6) is 0 Å². The number of rotatable bonds is 8. The fraction of sp³-hybridized carbons (Fsp3) is 0.684. The van der Waals surface area contributed by atoms with Gasteiger partial charge in [-0.3, -0.25) is 4.90 Å². The predicted octanol–water partition coefficient (Wildman–Crippen LogP) is 2.08. The Morgan fingerprint density at radius 2 is 1.87 bits per heavy atom. The summed E-state index contributed by atoms with van der Waals surface area (Å²) < 4.78 is 0. The molecule has 0 radical (unpaired) electrons. The zero-order valence-corrected chi connectivity index (χ0v) is 14.4. The van der Waals surface area contributed by atoms with Gasteiger partial charge in [0.25, 0.3) is 0 Å². The van der Waals surface area contributed by atoms with Gasteiger partial charge >= 0.3 is 0 Å². The second kappa shape index (κ2) is 7.65. The maximum absolute atomic E-state index is 9.43. The second-order valence-corrected chi connectivity index (χ2v) is 7.22. The number of piperazine rings is 1. The van der Waals surface area contributed by atoms with Gasteiger partial charge in [0.15, 0.2) is 0 Å². The Bertz CT molecular complexity index is 493. The van der Waals surface area contributed by atoms with Crippen molar-refractivity contribution in [2.75, 3.05) is 50.8 Å². The number of hydrogen-bond donors (Lipinski definition) is 2. The average Bonchev–Trinajstić information content (AvgIpc) is 3.37. The Kier molecular flexibility index (Phi) is 5.57. The summed E-state index contributed by atoms with van der Waals surface area (Å²) in [6, 6.07) is 8.77. The third-order valence-corrected chi connectivity index (χ3v) is 5.35. The van der Waals surface area contributed by atoms with E-state index >= 15 is 0 Å². The van der Waals surface area contributed by atoms with E-state index in [1.165, 1.54) is 37.3 Å². The Labute approximate surface area is 140 Å². The average molecular weight is 317 g/mol. The summed E-state index contributed by atoms with van der Waals surface area (Å²) in [6.07, 6.45) is 3.57. The summed E-state index contributed by atoms with van der Waals surface area (Å²) in [6.45, 7) is 10.2. The van der Waals surface area contributed by atoms with Crippen molar-refractivity contribution >= 4 is 5.69 Å². The van der Waals surface area contributed by atoms with E-state index in [0.717, 1.165) is 39.0 Å². The van der Waals surface area contributed by atoms with Crippen molar-refractivity contribution in [2.24, 2.45) is 5.41 Å². The van der Waals surface area contributed by atoms with Gasteiger partial charge in [-0.15, -0.1) is 0 Å². The van der Waals surface area contributed by atoms with Crippen molar-refractivity contribution in [1.29, 1.82) is 0 Å². The van der Waals surface area contributed by atoms with Crippen LogP contribution in [0.3, 0.4) is 0 Å². The van der Waals surface area contributed by atoms with E-state index in [2.05, 4.69) is 46.3 Å². The number of para-hydroxylation sites is 1. The van der Waals surface area contributed by atoms with Crippen molar-refractivity contribution in [1.82, 2.24) is 10.2 Å². The topological polar surface area (TPSA) is 38.7 Å². The molecule has 2 fully saturated rings. The zero-order chi connectivity index (χ0) is 16.1. The first kappa shape index (κ1) is 16.7. The molecular formula is C19H31N3O. The van der Waals surface area contributed by atoms with Crippen LogP contribution in [-0.4, -0.2) is 55.9 Å². The minimum Gasteiger partial charge on any atom is -0.396 e. The second-order valence-electron chi connectivity index (χ2n) is 7.22. The number of aliphatic hydroxyl groups excluding tert-OH is 1. The van der Waals surface area contributed by atoms with Crippen LogP contribution >= 0.6 is 0 Å². The number of benzene rings is 1. The van der Waals surface area contributed by atoms with E-state index in [9.17, 15) is 5.11 Å². The van der Waals surface area contributed by atoms with Crippen molar-refractivity contribution in [2.45, 2.75) is 32.7 Å². The molecule has 0 amide bonds. The van der Waals surface area contributed by atoms with Crippen LogP contribution in [0.15, 0.2) is 24.3 Å². The molecule has 4 heteroatoms. The molecule has 0 unspecified atom stereocenters. The molecule has 0 spiro atoms. The standard InChI is InChI=1S/C19H31N3O/c1-2-9-21-10-12-22(13-11-21)18-6-4-3-5-17(18)14-20-15-19(16-23)7-8-19/h3-6,20,23H,2,7-16H2,1H3. The normalized spacial score (nSPS) is 20.7. The highest BCUT2D eigenvalue weighted by molar-refractivity contribution is 5.54. The third-order valence-electron chi connectivity index (χ3n) is 5.35. The number of aliphatic hydroxyl groups is 1. The summed E-state index contributed by atoms with van der Waals surface area (Å²) in [5.41, 5.74) is 2.94. The summed E-state index contributed by atoms with van der Waals surface area (Å²) in [7, 11) is 0. The van der Waals surface area contributed by atoms with Crippen molar-refractivity contribution in [3.8, 4) is 0 Å². The fourth-order valence-electron chi connectivity index (χ4n) is 3.53. The Hall–Kier alpha value is -1.10. The van der Waals surface area contributed by atoms with Gasteiger partial charge in [0, 0.05) is 57.0 Å². The fourth-order valence-corrected chi connectivity index (χ4v) is 3.53. The van der Waals surface area contributed by atoms with Crippen molar-refractivity contribution in [3.05, 3.63) is 29.8 Å². The van der Waals surface area contributed by atoms with Gasteiger partial charge < -0.3 is 15.3 Å². The molecule has 1 heterocycles. The van der Waals surface area contributed by atoms with Gasteiger partial charge in [-0.25, -0.2) is 0 Å². The van der Waals surface area contributed by atoms with E-state index in [1.807, 2.05) is 0 Å². The molecule has 3 rings (SSSR count). The van der Waals surface area contributed by atoms with E-state index in [4.69, 9.17) is 0 Å². The van der Waals surface area contributed by atoms with E-state index < -0.39 is 0 Å². The molecule has 2 aliphatic rings. The molecule has 1 saturated carbocycles. The van der Waals surface area contributed by atoms with Crippen LogP contribution in [-0.2, 0) is 6.54 Å². The quantitative estimate of drug-likeness (QED) is 0.770. The molecule has 1 aliphatic heterocycles. The molecule has 128 valence electrons. The number of hydrogen-bond acceptors (Lipinski definition) is 4. The number of nitrogens with zero attached hydrogens (tertiary/aromatic N) is 2. The molecule has 0 atom stereocenters. The molecule has 23 heavy (non-hydrogen) atoms. The minimum absolute atomic E-state index is 0.181. The van der Waals surface area contributed by atoms with E-state index in [-0.39, 0.29) is 5.41 Å². The van der Waals surface area contributed by atoms with Crippen LogP contribution in [0.4, 0.5) is 5.69 Å². The molecule has 1 aliphatic carbocycles. The molecule has 0 bridgehead atoms. The largest absolute Gasteiger partial charge is 0.396 e. The highest BCUT2D eigenvalue weighted by Crippen LogP contribution is 2.44. The summed E-state index contributed by atoms with van der Waals surface area (Å²) >= 11 is 0. The summed E-state index contributed by atoms with van der Waals surface area (Å²) in [4.78, 5) is 5.09. The molecule has 4 nitrogen and oxygen atoms in total. The zero-order valence-electron chi connectivity index (χ0n) is 14.4. The number of nitrogens with one attached hydrogen (secondary N) is 1. The van der Waals surface area contributed by atoms with Gasteiger partial charge in [0.05, 0.1) is 0 Å². The van der Waals surface area contributed by atoms with Crippen molar-refractivity contribution < 1.29 is 5.11 Å². The van der Waals surface area contributed by atoms with Gasteiger partial charge in [-0.05, 0) is 37.4 Å². The van der Waals surface area contributed by atoms with Crippen molar-refractivity contribution in [3.63, 3.8) is 0 Å². The van der Waals surface area contributed by atoms with E-state index in [0.29, 0.717) is 6.61 Å². The van der Waals surface area contributed by atoms with Crippen LogP contribution < -0.4 is 10.2 Å². The highest BCUT2D eigenvalue weighted by atomic mass is 16.3.